The van der Waals surface area contributed by atoms with E-state index in [1.54, 1.807) is 0 Å². The number of thiophene rings is 1. The van der Waals surface area contributed by atoms with Crippen LogP contribution in [-0.2, 0) is 17.6 Å². The maximum Gasteiger partial charge on any atom is 0.341 e. The molecule has 0 spiro atoms. The quantitative estimate of drug-likeness (QED) is 0.869. The zero-order valence-corrected chi connectivity index (χ0v) is 14.3. The molecule has 0 bridgehead atoms. The van der Waals surface area contributed by atoms with Crippen molar-refractivity contribution in [3.05, 3.63) is 50.9 Å². The van der Waals surface area contributed by atoms with Gasteiger partial charge in [0.1, 0.15) is 5.00 Å². The van der Waals surface area contributed by atoms with Gasteiger partial charge in [-0.15, -0.1) is 11.3 Å². The van der Waals surface area contributed by atoms with Crippen LogP contribution in [0.2, 0.25) is 0 Å². The summed E-state index contributed by atoms with van der Waals surface area (Å²) in [5.74, 6) is -0.558. The highest BCUT2D eigenvalue weighted by molar-refractivity contribution is 7.17. The van der Waals surface area contributed by atoms with Gasteiger partial charge < -0.3 is 10.1 Å². The largest absolute Gasteiger partial charge is 0.465 e. The summed E-state index contributed by atoms with van der Waals surface area (Å²) < 4.78 is 4.91. The SMILES string of the molecule is COC(=O)c1c(NC(=O)c2cc(C)ccc2C)sc2c1CCC2. The predicted octanol–water partition coefficient (Wildman–Crippen LogP) is 3.89. The van der Waals surface area contributed by atoms with Gasteiger partial charge in [-0.25, -0.2) is 4.79 Å². The third kappa shape index (κ3) is 2.88. The minimum absolute atomic E-state index is 0.184. The normalized spacial score (nSPS) is 12.8. The second kappa shape index (κ2) is 6.16. The lowest BCUT2D eigenvalue weighted by Crippen LogP contribution is -2.15. The molecular weight excluding hydrogens is 310 g/mol. The van der Waals surface area contributed by atoms with Gasteiger partial charge in [0.2, 0.25) is 0 Å². The summed E-state index contributed by atoms with van der Waals surface area (Å²) in [6.45, 7) is 3.86. The molecule has 23 heavy (non-hydrogen) atoms. The molecule has 1 N–H and O–H groups in total. The Morgan fingerprint density at radius 3 is 2.74 bits per heavy atom. The minimum Gasteiger partial charge on any atom is -0.465 e. The molecule has 1 amide bonds. The van der Waals surface area contributed by atoms with E-state index in [9.17, 15) is 9.59 Å². The Morgan fingerprint density at radius 2 is 2.00 bits per heavy atom. The van der Waals surface area contributed by atoms with Crippen molar-refractivity contribution in [2.75, 3.05) is 12.4 Å². The lowest BCUT2D eigenvalue weighted by Gasteiger charge is -2.09. The number of hydrogen-bond donors (Lipinski definition) is 1. The fourth-order valence-corrected chi connectivity index (χ4v) is 4.23. The van der Waals surface area contributed by atoms with E-state index in [1.165, 1.54) is 23.3 Å². The van der Waals surface area contributed by atoms with E-state index in [0.29, 0.717) is 16.1 Å². The summed E-state index contributed by atoms with van der Waals surface area (Å²) in [6, 6.07) is 5.77. The maximum atomic E-state index is 12.6. The van der Waals surface area contributed by atoms with Gasteiger partial charge in [0.25, 0.3) is 5.91 Å². The third-order valence-electron chi connectivity index (χ3n) is 4.18. The zero-order chi connectivity index (χ0) is 16.6. The molecule has 1 heterocycles. The molecule has 0 saturated heterocycles. The molecule has 1 aliphatic rings. The highest BCUT2D eigenvalue weighted by atomic mass is 32.1. The lowest BCUT2D eigenvalue weighted by atomic mass is 10.0. The van der Waals surface area contributed by atoms with E-state index in [2.05, 4.69) is 5.32 Å². The number of benzene rings is 1. The molecule has 0 unspecified atom stereocenters. The van der Waals surface area contributed by atoms with Crippen LogP contribution < -0.4 is 5.32 Å². The molecule has 4 nitrogen and oxygen atoms in total. The van der Waals surface area contributed by atoms with Crippen LogP contribution in [0.25, 0.3) is 0 Å². The van der Waals surface area contributed by atoms with Crippen molar-refractivity contribution in [3.8, 4) is 0 Å². The van der Waals surface area contributed by atoms with Crippen molar-refractivity contribution in [3.63, 3.8) is 0 Å². The first-order valence-electron chi connectivity index (χ1n) is 7.62. The van der Waals surface area contributed by atoms with Gasteiger partial charge in [-0.3, -0.25) is 4.79 Å². The van der Waals surface area contributed by atoms with Crippen LogP contribution in [0.3, 0.4) is 0 Å². The van der Waals surface area contributed by atoms with Crippen molar-refractivity contribution in [1.29, 1.82) is 0 Å². The van der Waals surface area contributed by atoms with E-state index in [1.807, 2.05) is 32.0 Å². The van der Waals surface area contributed by atoms with Crippen LogP contribution in [0.4, 0.5) is 5.00 Å². The smallest absolute Gasteiger partial charge is 0.341 e. The van der Waals surface area contributed by atoms with Crippen molar-refractivity contribution in [2.45, 2.75) is 33.1 Å². The van der Waals surface area contributed by atoms with Crippen molar-refractivity contribution in [2.24, 2.45) is 0 Å². The number of carbonyl (C=O) groups is 2. The predicted molar refractivity (Wildman–Crippen MR) is 91.6 cm³/mol. The highest BCUT2D eigenvalue weighted by Crippen LogP contribution is 2.39. The number of rotatable bonds is 3. The second-order valence-electron chi connectivity index (χ2n) is 5.83. The first-order chi connectivity index (χ1) is 11.0. The number of aryl methyl sites for hydroxylation is 3. The van der Waals surface area contributed by atoms with Crippen molar-refractivity contribution in [1.82, 2.24) is 0 Å². The molecule has 0 fully saturated rings. The Kier molecular flexibility index (Phi) is 4.22. The van der Waals surface area contributed by atoms with Crippen LogP contribution in [0, 0.1) is 13.8 Å². The van der Waals surface area contributed by atoms with Crippen LogP contribution in [-0.4, -0.2) is 19.0 Å². The van der Waals surface area contributed by atoms with Crippen LogP contribution >= 0.6 is 11.3 Å². The first kappa shape index (κ1) is 15.7. The van der Waals surface area contributed by atoms with Crippen molar-refractivity contribution < 1.29 is 14.3 Å². The standard InChI is InChI=1S/C18H19NO3S/c1-10-7-8-11(2)13(9-10)16(20)19-17-15(18(21)22-3)12-5-4-6-14(12)23-17/h7-9H,4-6H2,1-3H3,(H,19,20). The Morgan fingerprint density at radius 1 is 1.22 bits per heavy atom. The zero-order valence-electron chi connectivity index (χ0n) is 13.5. The minimum atomic E-state index is -0.374. The summed E-state index contributed by atoms with van der Waals surface area (Å²) >= 11 is 1.49. The number of anilines is 1. The van der Waals surface area contributed by atoms with Crippen LogP contribution in [0.5, 0.6) is 0 Å². The Labute approximate surface area is 139 Å². The van der Waals surface area contributed by atoms with Gasteiger partial charge in [0, 0.05) is 10.4 Å². The van der Waals surface area contributed by atoms with E-state index in [4.69, 9.17) is 4.74 Å². The van der Waals surface area contributed by atoms with Gasteiger partial charge in [0.05, 0.1) is 12.7 Å². The van der Waals surface area contributed by atoms with Gasteiger partial charge in [-0.2, -0.15) is 0 Å². The fourth-order valence-electron chi connectivity index (χ4n) is 2.96. The Balaban J connectivity index is 1.95. The molecule has 0 aliphatic heterocycles. The number of hydrogen-bond acceptors (Lipinski definition) is 4. The summed E-state index contributed by atoms with van der Waals surface area (Å²) in [7, 11) is 1.37. The summed E-state index contributed by atoms with van der Waals surface area (Å²) in [5, 5.41) is 3.52. The summed E-state index contributed by atoms with van der Waals surface area (Å²) in [6.07, 6.45) is 2.88. The average Bonchev–Trinajstić information content (AvgIpc) is 3.09. The number of amides is 1. The molecule has 2 aromatic rings. The van der Waals surface area contributed by atoms with E-state index in [0.717, 1.165) is 36.0 Å². The van der Waals surface area contributed by atoms with E-state index in [-0.39, 0.29) is 11.9 Å². The van der Waals surface area contributed by atoms with Crippen molar-refractivity contribution >= 4 is 28.2 Å². The van der Waals surface area contributed by atoms with Gasteiger partial charge >= 0.3 is 5.97 Å². The highest BCUT2D eigenvalue weighted by Gasteiger charge is 2.28. The molecular formula is C18H19NO3S. The lowest BCUT2D eigenvalue weighted by molar-refractivity contribution is 0.0601. The summed E-state index contributed by atoms with van der Waals surface area (Å²) in [4.78, 5) is 25.9. The molecule has 0 atom stereocenters. The maximum absolute atomic E-state index is 12.6. The van der Waals surface area contributed by atoms with Gasteiger partial charge in [0.15, 0.2) is 0 Å². The first-order valence-corrected chi connectivity index (χ1v) is 8.44. The van der Waals surface area contributed by atoms with Crippen LogP contribution in [0.15, 0.2) is 18.2 Å². The van der Waals surface area contributed by atoms with Gasteiger partial charge in [-0.1, -0.05) is 17.7 Å². The molecule has 1 aromatic carbocycles. The molecule has 0 radical (unpaired) electrons. The Bertz CT molecular complexity index is 792. The van der Waals surface area contributed by atoms with Crippen LogP contribution in [0.1, 0.15) is 48.7 Å². The third-order valence-corrected chi connectivity index (χ3v) is 5.38. The molecule has 3 rings (SSSR count). The molecule has 120 valence electrons. The topological polar surface area (TPSA) is 55.4 Å². The number of ether oxygens (including phenoxy) is 1. The van der Waals surface area contributed by atoms with E-state index < -0.39 is 0 Å². The molecule has 5 heteroatoms. The fraction of sp³-hybridized carbons (Fsp3) is 0.333. The number of methoxy groups -OCH3 is 1. The average molecular weight is 329 g/mol. The number of nitrogens with one attached hydrogen (secondary N) is 1. The molecule has 0 saturated carbocycles. The number of esters is 1. The van der Waals surface area contributed by atoms with E-state index >= 15 is 0 Å². The van der Waals surface area contributed by atoms with Gasteiger partial charge in [-0.05, 0) is 50.3 Å². The monoisotopic (exact) mass is 329 g/mol. The molecule has 1 aromatic heterocycles. The number of fused-ring (bicyclic) bond motifs is 1. The number of carbonyl (C=O) groups excluding carboxylic acids is 2. The Hall–Kier alpha value is -2.14. The summed E-state index contributed by atoms with van der Waals surface area (Å²) in [5.41, 5.74) is 4.15. The molecule has 1 aliphatic carbocycles. The second-order valence-corrected chi connectivity index (χ2v) is 6.93.